The van der Waals surface area contributed by atoms with Crippen LogP contribution in [0.1, 0.15) is 52.2 Å². The van der Waals surface area contributed by atoms with Gasteiger partial charge in [0, 0.05) is 36.2 Å². The number of aromatic nitrogens is 1. The number of piperidine rings is 1. The van der Waals surface area contributed by atoms with Gasteiger partial charge in [-0.2, -0.15) is 0 Å². The smallest absolute Gasteiger partial charge is 0.299 e. The summed E-state index contributed by atoms with van der Waals surface area (Å²) in [6, 6.07) is 12.2. The maximum absolute atomic E-state index is 13.6. The summed E-state index contributed by atoms with van der Waals surface area (Å²) in [5.74, 6) is -0.398. The van der Waals surface area contributed by atoms with Crippen LogP contribution in [0.15, 0.2) is 48.7 Å². The van der Waals surface area contributed by atoms with Crippen molar-refractivity contribution in [1.82, 2.24) is 25.2 Å². The van der Waals surface area contributed by atoms with E-state index < -0.39 is 6.03 Å². The van der Waals surface area contributed by atoms with Crippen molar-refractivity contribution >= 4 is 28.7 Å². The van der Waals surface area contributed by atoms with E-state index in [0.29, 0.717) is 23.5 Å². The molecule has 8 nitrogen and oxygen atoms in total. The lowest BCUT2D eigenvalue weighted by Gasteiger charge is -2.33. The lowest BCUT2D eigenvalue weighted by molar-refractivity contribution is -0.123. The summed E-state index contributed by atoms with van der Waals surface area (Å²) in [5, 5.41) is 6.05. The average Bonchev–Trinajstić information content (AvgIpc) is 3.19. The van der Waals surface area contributed by atoms with Crippen LogP contribution in [-0.4, -0.2) is 57.4 Å². The lowest BCUT2D eigenvalue weighted by Crippen LogP contribution is -2.56. The van der Waals surface area contributed by atoms with Crippen molar-refractivity contribution in [3.8, 4) is 0 Å². The maximum Gasteiger partial charge on any atom is 0.342 e. The number of carbonyl (C=O) groups is 3. The summed E-state index contributed by atoms with van der Waals surface area (Å²) in [6.07, 6.45) is 3.97. The molecular formula is C27H26FN5O3. The summed E-state index contributed by atoms with van der Waals surface area (Å²) in [6.45, 7) is 3.20. The predicted molar refractivity (Wildman–Crippen MR) is 130 cm³/mol. The molecule has 0 aliphatic carbocycles. The first kappa shape index (κ1) is 22.6. The molecule has 0 atom stereocenters. The fraction of sp³-hybridized carbons (Fsp3) is 0.333. The van der Waals surface area contributed by atoms with E-state index in [9.17, 15) is 18.8 Å². The molecule has 3 aliphatic heterocycles. The molecule has 4 amide bonds. The fourth-order valence-corrected chi connectivity index (χ4v) is 5.60. The zero-order valence-electron chi connectivity index (χ0n) is 19.7. The lowest BCUT2D eigenvalue weighted by atomic mass is 9.87. The molecule has 0 bridgehead atoms. The number of hydrazine groups is 1. The normalized spacial score (nSPS) is 19.2. The number of amides is 4. The molecule has 1 aromatic heterocycles. The molecule has 184 valence electrons. The zero-order valence-corrected chi connectivity index (χ0v) is 19.7. The molecule has 9 heteroatoms. The molecule has 4 heterocycles. The number of imide groups is 1. The van der Waals surface area contributed by atoms with E-state index in [4.69, 9.17) is 0 Å². The Balaban J connectivity index is 1.11. The van der Waals surface area contributed by atoms with Crippen LogP contribution in [0.5, 0.6) is 0 Å². The van der Waals surface area contributed by atoms with E-state index >= 15 is 0 Å². The van der Waals surface area contributed by atoms with Gasteiger partial charge < -0.3 is 0 Å². The SMILES string of the molecule is O=C1CCN(N2Cc3cc(CN4CCC(c5ccnc6cc(F)ccc56)CC4)ccc3C2=O)C(=O)N1. The van der Waals surface area contributed by atoms with Crippen LogP contribution >= 0.6 is 0 Å². The van der Waals surface area contributed by atoms with Crippen molar-refractivity contribution in [1.29, 1.82) is 0 Å². The Morgan fingerprint density at radius 3 is 2.61 bits per heavy atom. The molecule has 0 radical (unpaired) electrons. The topological polar surface area (TPSA) is 85.9 Å². The van der Waals surface area contributed by atoms with Gasteiger partial charge in [0.2, 0.25) is 5.91 Å². The average molecular weight is 488 g/mol. The molecule has 1 N–H and O–H groups in total. The number of carbonyl (C=O) groups excluding carboxylic acids is 3. The fourth-order valence-electron chi connectivity index (χ4n) is 5.60. The second-order valence-electron chi connectivity index (χ2n) is 9.69. The number of halogens is 1. The van der Waals surface area contributed by atoms with Gasteiger partial charge in [-0.25, -0.2) is 19.2 Å². The molecule has 0 unspecified atom stereocenters. The Kier molecular flexibility index (Phi) is 5.64. The summed E-state index contributed by atoms with van der Waals surface area (Å²) in [7, 11) is 0. The molecule has 3 aromatic rings. The Hall–Kier alpha value is -3.85. The number of hydrogen-bond donors (Lipinski definition) is 1. The minimum Gasteiger partial charge on any atom is -0.299 e. The molecule has 0 spiro atoms. The van der Waals surface area contributed by atoms with E-state index in [2.05, 4.69) is 27.3 Å². The first-order valence-electron chi connectivity index (χ1n) is 12.3. The van der Waals surface area contributed by atoms with Crippen molar-refractivity contribution in [3.05, 3.63) is 76.7 Å². The van der Waals surface area contributed by atoms with Crippen LogP contribution in [0.3, 0.4) is 0 Å². The van der Waals surface area contributed by atoms with Gasteiger partial charge in [-0.3, -0.25) is 24.8 Å². The molecule has 3 aliphatic rings. The minimum atomic E-state index is -0.553. The largest absolute Gasteiger partial charge is 0.342 e. The number of pyridine rings is 1. The van der Waals surface area contributed by atoms with Gasteiger partial charge in [-0.1, -0.05) is 12.1 Å². The quantitative estimate of drug-likeness (QED) is 0.608. The van der Waals surface area contributed by atoms with Gasteiger partial charge in [0.1, 0.15) is 5.82 Å². The van der Waals surface area contributed by atoms with Crippen LogP contribution in [0, 0.1) is 5.82 Å². The maximum atomic E-state index is 13.6. The summed E-state index contributed by atoms with van der Waals surface area (Å²) in [4.78, 5) is 43.3. The van der Waals surface area contributed by atoms with Crippen molar-refractivity contribution in [2.45, 2.75) is 38.3 Å². The third-order valence-corrected chi connectivity index (χ3v) is 7.45. The predicted octanol–water partition coefficient (Wildman–Crippen LogP) is 3.57. The van der Waals surface area contributed by atoms with Gasteiger partial charge >= 0.3 is 6.03 Å². The number of likely N-dealkylation sites (tertiary alicyclic amines) is 1. The van der Waals surface area contributed by atoms with Crippen LogP contribution in [0.25, 0.3) is 10.9 Å². The highest BCUT2D eigenvalue weighted by Gasteiger charge is 2.37. The second-order valence-corrected chi connectivity index (χ2v) is 9.69. The molecule has 2 aromatic carbocycles. The summed E-state index contributed by atoms with van der Waals surface area (Å²) in [5.41, 5.74) is 4.56. The Morgan fingerprint density at radius 2 is 1.81 bits per heavy atom. The van der Waals surface area contributed by atoms with Crippen LogP contribution in [-0.2, 0) is 17.9 Å². The molecule has 0 saturated carbocycles. The second kappa shape index (κ2) is 8.98. The number of nitrogens with one attached hydrogen (secondary N) is 1. The molecule has 36 heavy (non-hydrogen) atoms. The van der Waals surface area contributed by atoms with E-state index in [1.165, 1.54) is 27.7 Å². The van der Waals surface area contributed by atoms with Crippen LogP contribution in [0.4, 0.5) is 9.18 Å². The first-order valence-corrected chi connectivity index (χ1v) is 12.3. The number of rotatable bonds is 4. The number of urea groups is 1. The van der Waals surface area contributed by atoms with Crippen molar-refractivity contribution < 1.29 is 18.8 Å². The highest BCUT2D eigenvalue weighted by atomic mass is 19.1. The number of benzene rings is 2. The first-order chi connectivity index (χ1) is 17.5. The van der Waals surface area contributed by atoms with E-state index in [0.717, 1.165) is 49.0 Å². The molecular weight excluding hydrogens is 461 g/mol. The van der Waals surface area contributed by atoms with Gasteiger partial charge in [0.15, 0.2) is 0 Å². The van der Waals surface area contributed by atoms with Gasteiger partial charge in [-0.15, -0.1) is 0 Å². The Labute approximate surface area is 207 Å². The third kappa shape index (κ3) is 4.09. The van der Waals surface area contributed by atoms with E-state index in [-0.39, 0.29) is 30.6 Å². The van der Waals surface area contributed by atoms with Gasteiger partial charge in [0.05, 0.1) is 18.6 Å². The molecule has 6 rings (SSSR count). The van der Waals surface area contributed by atoms with Gasteiger partial charge in [0.25, 0.3) is 5.91 Å². The van der Waals surface area contributed by atoms with Crippen LogP contribution < -0.4 is 5.32 Å². The standard InChI is InChI=1S/C27H26FN5O3/c28-20-2-4-23-21(5-9-29-24(23)14-20)18-6-10-31(11-7-18)15-17-1-3-22-19(13-17)16-33(26(22)35)32-12-8-25(34)30-27(32)36/h1-5,9,13-14,18H,6-8,10-12,15-16H2,(H,30,34,36). The minimum absolute atomic E-state index is 0.180. The third-order valence-electron chi connectivity index (χ3n) is 7.45. The molecule has 2 fully saturated rings. The summed E-state index contributed by atoms with van der Waals surface area (Å²) < 4.78 is 13.6. The van der Waals surface area contributed by atoms with Crippen molar-refractivity contribution in [3.63, 3.8) is 0 Å². The van der Waals surface area contributed by atoms with E-state index in [1.54, 1.807) is 6.20 Å². The Morgan fingerprint density at radius 1 is 0.972 bits per heavy atom. The number of hydrogen-bond acceptors (Lipinski definition) is 5. The Bertz CT molecular complexity index is 1390. The van der Waals surface area contributed by atoms with Crippen molar-refractivity contribution in [2.75, 3.05) is 19.6 Å². The van der Waals surface area contributed by atoms with E-state index in [1.807, 2.05) is 18.2 Å². The molecule has 2 saturated heterocycles. The number of fused-ring (bicyclic) bond motifs is 2. The van der Waals surface area contributed by atoms with Crippen LogP contribution in [0.2, 0.25) is 0 Å². The van der Waals surface area contributed by atoms with Crippen molar-refractivity contribution in [2.24, 2.45) is 0 Å². The zero-order chi connectivity index (χ0) is 24.8. The number of nitrogens with zero attached hydrogens (tertiary/aromatic N) is 4. The highest BCUT2D eigenvalue weighted by Crippen LogP contribution is 2.33. The monoisotopic (exact) mass is 487 g/mol. The highest BCUT2D eigenvalue weighted by molar-refractivity contribution is 6.01. The summed E-state index contributed by atoms with van der Waals surface area (Å²) >= 11 is 0. The van der Waals surface area contributed by atoms with Gasteiger partial charge in [-0.05, 0) is 72.8 Å².